The molecule has 0 bridgehead atoms. The Morgan fingerprint density at radius 1 is 1.60 bits per heavy atom. The molecular weight excluding hydrogens is 196 g/mol. The Labute approximate surface area is 90.2 Å². The summed E-state index contributed by atoms with van der Waals surface area (Å²) in [4.78, 5) is 11.8. The quantitative estimate of drug-likeness (QED) is 0.557. The summed E-state index contributed by atoms with van der Waals surface area (Å²) >= 11 is 0. The minimum absolute atomic E-state index is 0.0365. The molecule has 1 fully saturated rings. The summed E-state index contributed by atoms with van der Waals surface area (Å²) in [5, 5.41) is 14.8. The Morgan fingerprint density at radius 2 is 2.33 bits per heavy atom. The topological polar surface area (TPSA) is 70.6 Å². The number of ether oxygens (including phenoxy) is 1. The number of carbonyl (C=O) groups is 1. The molecule has 0 radical (unpaired) electrons. The molecular formula is C10H20N2O3. The van der Waals surface area contributed by atoms with E-state index in [1.165, 1.54) is 0 Å². The summed E-state index contributed by atoms with van der Waals surface area (Å²) in [5.41, 5.74) is 0. The van der Waals surface area contributed by atoms with Gasteiger partial charge in [0.25, 0.3) is 0 Å². The maximum Gasteiger partial charge on any atom is 0.227 e. The van der Waals surface area contributed by atoms with Crippen molar-refractivity contribution in [1.82, 2.24) is 10.6 Å². The second kappa shape index (κ2) is 6.05. The molecule has 0 aromatic heterocycles. The van der Waals surface area contributed by atoms with Crippen molar-refractivity contribution in [2.75, 3.05) is 26.4 Å². The maximum atomic E-state index is 11.8. The van der Waals surface area contributed by atoms with E-state index in [9.17, 15) is 4.79 Å². The molecule has 2 unspecified atom stereocenters. The van der Waals surface area contributed by atoms with Crippen LogP contribution in [0, 0.1) is 5.92 Å². The van der Waals surface area contributed by atoms with Gasteiger partial charge >= 0.3 is 0 Å². The highest BCUT2D eigenvalue weighted by molar-refractivity contribution is 5.80. The van der Waals surface area contributed by atoms with Crippen LogP contribution in [-0.4, -0.2) is 49.5 Å². The summed E-state index contributed by atoms with van der Waals surface area (Å²) < 4.78 is 5.27. The van der Waals surface area contributed by atoms with Crippen LogP contribution in [0.1, 0.15) is 13.8 Å². The van der Waals surface area contributed by atoms with Crippen LogP contribution in [0.5, 0.6) is 0 Å². The molecule has 1 aliphatic heterocycles. The van der Waals surface area contributed by atoms with E-state index in [1.807, 2.05) is 6.92 Å². The molecule has 0 aromatic rings. The van der Waals surface area contributed by atoms with Crippen LogP contribution in [-0.2, 0) is 9.53 Å². The van der Waals surface area contributed by atoms with Gasteiger partial charge in [0.1, 0.15) is 0 Å². The molecule has 1 amide bonds. The molecule has 3 atom stereocenters. The Kier molecular flexibility index (Phi) is 5.01. The van der Waals surface area contributed by atoms with Crippen LogP contribution < -0.4 is 10.6 Å². The van der Waals surface area contributed by atoms with Gasteiger partial charge in [0.05, 0.1) is 25.7 Å². The van der Waals surface area contributed by atoms with E-state index in [4.69, 9.17) is 9.84 Å². The summed E-state index contributed by atoms with van der Waals surface area (Å²) in [6, 6.07) is -0.0960. The molecule has 1 aliphatic rings. The fourth-order valence-electron chi connectivity index (χ4n) is 1.67. The molecule has 0 saturated carbocycles. The van der Waals surface area contributed by atoms with Crippen molar-refractivity contribution in [2.45, 2.75) is 25.9 Å². The average molecular weight is 216 g/mol. The van der Waals surface area contributed by atoms with E-state index < -0.39 is 0 Å². The van der Waals surface area contributed by atoms with Gasteiger partial charge in [-0.25, -0.2) is 0 Å². The van der Waals surface area contributed by atoms with Crippen LogP contribution >= 0.6 is 0 Å². The third kappa shape index (κ3) is 3.44. The number of carbonyl (C=O) groups excluding carboxylic acids is 1. The third-order valence-electron chi connectivity index (χ3n) is 2.55. The fraction of sp³-hybridized carbons (Fsp3) is 0.900. The van der Waals surface area contributed by atoms with Gasteiger partial charge in [-0.2, -0.15) is 0 Å². The largest absolute Gasteiger partial charge is 0.394 e. The Morgan fingerprint density at radius 3 is 2.93 bits per heavy atom. The van der Waals surface area contributed by atoms with Gasteiger partial charge in [0, 0.05) is 12.1 Å². The van der Waals surface area contributed by atoms with E-state index in [0.717, 1.165) is 6.54 Å². The molecule has 5 heteroatoms. The molecule has 0 aromatic carbocycles. The van der Waals surface area contributed by atoms with Crippen molar-refractivity contribution < 1.29 is 14.6 Å². The van der Waals surface area contributed by atoms with Crippen molar-refractivity contribution in [3.05, 3.63) is 0 Å². The number of hydrogen-bond donors (Lipinski definition) is 3. The second-order valence-electron chi connectivity index (χ2n) is 3.90. The molecule has 3 N–H and O–H groups in total. The van der Waals surface area contributed by atoms with E-state index in [-0.39, 0.29) is 30.5 Å². The van der Waals surface area contributed by atoms with Crippen molar-refractivity contribution in [3.63, 3.8) is 0 Å². The zero-order chi connectivity index (χ0) is 11.3. The van der Waals surface area contributed by atoms with E-state index in [2.05, 4.69) is 10.6 Å². The molecule has 1 heterocycles. The minimum atomic E-state index is -0.194. The Bertz CT molecular complexity index is 211. The highest BCUT2D eigenvalue weighted by atomic mass is 16.5. The molecule has 1 rings (SSSR count). The monoisotopic (exact) mass is 216 g/mol. The second-order valence-corrected chi connectivity index (χ2v) is 3.90. The highest BCUT2D eigenvalue weighted by Crippen LogP contribution is 2.13. The van der Waals surface area contributed by atoms with Gasteiger partial charge in [0.15, 0.2) is 0 Å². The lowest BCUT2D eigenvalue weighted by Gasteiger charge is -2.19. The molecule has 1 saturated heterocycles. The Hall–Kier alpha value is -0.650. The summed E-state index contributed by atoms with van der Waals surface area (Å²) in [7, 11) is 0. The molecule has 5 nitrogen and oxygen atoms in total. The van der Waals surface area contributed by atoms with Gasteiger partial charge in [-0.3, -0.25) is 4.79 Å². The SMILES string of the molecule is CCNC1COCC1C(=O)N[C@H](C)CO. The van der Waals surface area contributed by atoms with Gasteiger partial charge < -0.3 is 20.5 Å². The van der Waals surface area contributed by atoms with Gasteiger partial charge in [-0.1, -0.05) is 6.92 Å². The van der Waals surface area contributed by atoms with Crippen molar-refractivity contribution in [1.29, 1.82) is 0 Å². The molecule has 0 spiro atoms. The van der Waals surface area contributed by atoms with E-state index >= 15 is 0 Å². The molecule has 15 heavy (non-hydrogen) atoms. The van der Waals surface area contributed by atoms with Gasteiger partial charge in [-0.05, 0) is 13.5 Å². The van der Waals surface area contributed by atoms with E-state index in [0.29, 0.717) is 13.2 Å². The molecule has 88 valence electrons. The summed E-state index contributed by atoms with van der Waals surface area (Å²) in [5.74, 6) is -0.182. The average Bonchev–Trinajstić information content (AvgIpc) is 2.66. The number of rotatable bonds is 5. The predicted octanol–water partition coefficient (Wildman–Crippen LogP) is -0.892. The standard InChI is InChI=1S/C10H20N2O3/c1-3-11-9-6-15-5-8(9)10(14)12-7(2)4-13/h7-9,11,13H,3-6H2,1-2H3,(H,12,14)/t7-,8?,9?/m1/s1. The van der Waals surface area contributed by atoms with Crippen molar-refractivity contribution >= 4 is 5.91 Å². The lowest BCUT2D eigenvalue weighted by molar-refractivity contribution is -0.126. The smallest absolute Gasteiger partial charge is 0.227 e. The lowest BCUT2D eigenvalue weighted by atomic mass is 10.0. The van der Waals surface area contributed by atoms with E-state index in [1.54, 1.807) is 6.92 Å². The number of amides is 1. The van der Waals surface area contributed by atoms with Gasteiger partial charge in [-0.15, -0.1) is 0 Å². The van der Waals surface area contributed by atoms with Crippen LogP contribution in [0.25, 0.3) is 0 Å². The van der Waals surface area contributed by atoms with Crippen molar-refractivity contribution in [3.8, 4) is 0 Å². The first-order valence-electron chi connectivity index (χ1n) is 5.41. The number of aliphatic hydroxyl groups excluding tert-OH is 1. The predicted molar refractivity (Wildman–Crippen MR) is 56.5 cm³/mol. The first kappa shape index (κ1) is 12.4. The highest BCUT2D eigenvalue weighted by Gasteiger charge is 2.33. The summed E-state index contributed by atoms with van der Waals surface area (Å²) in [6.07, 6.45) is 0. The normalized spacial score (nSPS) is 27.7. The van der Waals surface area contributed by atoms with Crippen LogP contribution in [0.2, 0.25) is 0 Å². The van der Waals surface area contributed by atoms with Gasteiger partial charge in [0.2, 0.25) is 5.91 Å². The maximum absolute atomic E-state index is 11.8. The number of likely N-dealkylation sites (N-methyl/N-ethyl adjacent to an activating group) is 1. The number of hydrogen-bond acceptors (Lipinski definition) is 4. The number of aliphatic hydroxyl groups is 1. The fourth-order valence-corrected chi connectivity index (χ4v) is 1.67. The number of nitrogens with one attached hydrogen (secondary N) is 2. The zero-order valence-electron chi connectivity index (χ0n) is 9.32. The van der Waals surface area contributed by atoms with Crippen molar-refractivity contribution in [2.24, 2.45) is 5.92 Å². The third-order valence-corrected chi connectivity index (χ3v) is 2.55. The molecule has 0 aliphatic carbocycles. The van der Waals surface area contributed by atoms with Crippen LogP contribution in [0.15, 0.2) is 0 Å². The summed E-state index contributed by atoms with van der Waals surface area (Å²) in [6.45, 7) is 5.61. The minimum Gasteiger partial charge on any atom is -0.394 e. The first-order valence-corrected chi connectivity index (χ1v) is 5.41. The first-order chi connectivity index (χ1) is 7.19. The van der Waals surface area contributed by atoms with Crippen LogP contribution in [0.3, 0.4) is 0 Å². The van der Waals surface area contributed by atoms with Crippen LogP contribution in [0.4, 0.5) is 0 Å². The Balaban J connectivity index is 2.43. The zero-order valence-corrected chi connectivity index (χ0v) is 9.32. The lowest BCUT2D eigenvalue weighted by Crippen LogP contribution is -2.47.